The summed E-state index contributed by atoms with van der Waals surface area (Å²) in [5, 5.41) is 0. The van der Waals surface area contributed by atoms with E-state index in [4.69, 9.17) is 24.4 Å². The molecule has 0 atom stereocenters. The Morgan fingerprint density at radius 3 is 1.21 bits per heavy atom. The van der Waals surface area contributed by atoms with Gasteiger partial charge in [-0.3, -0.25) is 0 Å². The summed E-state index contributed by atoms with van der Waals surface area (Å²) in [5.74, 6) is 0. The van der Waals surface area contributed by atoms with Crippen molar-refractivity contribution in [1.29, 1.82) is 0 Å². The normalized spacial score (nSPS) is 11.5. The Morgan fingerprint density at radius 2 is 0.848 bits per heavy atom. The van der Waals surface area contributed by atoms with Crippen molar-refractivity contribution in [3.05, 3.63) is 71.8 Å². The standard InChI is InChI=1S/2C8H17.2C7H5S.Sn/c2*1-3-5-7-8-6-4-2;2*8-6-7-4-2-1-3-5-7;/h2*1,3-8H2,2H3;2*1-5H;. The molecule has 0 saturated heterocycles. The summed E-state index contributed by atoms with van der Waals surface area (Å²) in [7, 11) is 0. The average molecular weight is 588 g/mol. The number of hydrogen-bond donors (Lipinski definition) is 0. The van der Waals surface area contributed by atoms with E-state index in [1.165, 1.54) is 103 Å². The third-order valence-corrected chi connectivity index (χ3v) is 26.1. The van der Waals surface area contributed by atoms with E-state index >= 15 is 0 Å². The first-order chi connectivity index (χ1) is 16.2. The van der Waals surface area contributed by atoms with E-state index in [1.54, 1.807) is 0 Å². The number of benzene rings is 2. The molecule has 0 fully saturated rings. The average Bonchev–Trinajstić information content (AvgIpc) is 2.87. The van der Waals surface area contributed by atoms with Gasteiger partial charge in [0.05, 0.1) is 0 Å². The molecule has 0 radical (unpaired) electrons. The first kappa shape index (κ1) is 28.7. The van der Waals surface area contributed by atoms with Crippen molar-refractivity contribution in [1.82, 2.24) is 0 Å². The summed E-state index contributed by atoms with van der Waals surface area (Å²) < 4.78 is 5.08. The molecule has 2 aromatic rings. The van der Waals surface area contributed by atoms with Gasteiger partial charge in [0, 0.05) is 0 Å². The molecule has 0 aliphatic heterocycles. The maximum atomic E-state index is 6.38. The second kappa shape index (κ2) is 16.9. The summed E-state index contributed by atoms with van der Waals surface area (Å²) in [6.45, 7) is 4.58. The Kier molecular flexibility index (Phi) is 14.7. The van der Waals surface area contributed by atoms with E-state index in [1.807, 2.05) is 0 Å². The molecular formula is C30H44S2Sn. The van der Waals surface area contributed by atoms with E-state index in [2.05, 4.69) is 74.5 Å². The van der Waals surface area contributed by atoms with Crippen LogP contribution in [0.1, 0.15) is 102 Å². The summed E-state index contributed by atoms with van der Waals surface area (Å²) >= 11 is 9.60. The van der Waals surface area contributed by atoms with Gasteiger partial charge in [-0.15, -0.1) is 0 Å². The molecule has 0 N–H and O–H groups in total. The second-order valence-corrected chi connectivity index (χ2v) is 24.3. The number of thiocarbonyl (C=S) groups is 2. The van der Waals surface area contributed by atoms with Gasteiger partial charge < -0.3 is 0 Å². The third kappa shape index (κ3) is 9.53. The topological polar surface area (TPSA) is 0 Å². The summed E-state index contributed by atoms with van der Waals surface area (Å²) in [6.07, 6.45) is 16.0. The van der Waals surface area contributed by atoms with Gasteiger partial charge >= 0.3 is 220 Å². The molecule has 0 nitrogen and oxygen atoms in total. The van der Waals surface area contributed by atoms with Crippen LogP contribution in [0.5, 0.6) is 0 Å². The molecule has 0 aliphatic rings. The molecule has 2 aromatic carbocycles. The van der Waals surface area contributed by atoms with Crippen molar-refractivity contribution in [3.8, 4) is 0 Å². The van der Waals surface area contributed by atoms with Crippen molar-refractivity contribution < 1.29 is 0 Å². The van der Waals surface area contributed by atoms with E-state index in [0.717, 1.165) is 0 Å². The van der Waals surface area contributed by atoms with Gasteiger partial charge in [-0.1, -0.05) is 0 Å². The second-order valence-electron chi connectivity index (χ2n) is 9.51. The van der Waals surface area contributed by atoms with Crippen LogP contribution < -0.4 is 0 Å². The molecule has 0 aromatic heterocycles. The van der Waals surface area contributed by atoms with Crippen LogP contribution in [0.3, 0.4) is 0 Å². The summed E-state index contributed by atoms with van der Waals surface area (Å²) in [5.41, 5.74) is 2.53. The fraction of sp³-hybridized carbons (Fsp3) is 0.533. The van der Waals surface area contributed by atoms with E-state index in [0.29, 0.717) is 0 Å². The molecule has 0 unspecified atom stereocenters. The maximum absolute atomic E-state index is 6.38. The van der Waals surface area contributed by atoms with Crippen molar-refractivity contribution in [2.24, 2.45) is 0 Å². The minimum absolute atomic E-state index is 1.26. The molecule has 0 heterocycles. The van der Waals surface area contributed by atoms with E-state index in [-0.39, 0.29) is 0 Å². The van der Waals surface area contributed by atoms with Gasteiger partial charge in [0.1, 0.15) is 0 Å². The quantitative estimate of drug-likeness (QED) is 0.0967. The van der Waals surface area contributed by atoms with Crippen molar-refractivity contribution in [2.45, 2.75) is 99.8 Å². The van der Waals surface area contributed by atoms with Crippen LogP contribution in [0, 0.1) is 0 Å². The van der Waals surface area contributed by atoms with E-state index < -0.39 is 18.4 Å². The predicted molar refractivity (Wildman–Crippen MR) is 158 cm³/mol. The first-order valence-corrected chi connectivity index (χ1v) is 21.1. The number of rotatable bonds is 18. The molecule has 180 valence electrons. The summed E-state index contributed by atoms with van der Waals surface area (Å²) in [4.78, 5) is 0. The molecule has 0 amide bonds. The van der Waals surface area contributed by atoms with Crippen LogP contribution in [0.15, 0.2) is 60.7 Å². The van der Waals surface area contributed by atoms with Gasteiger partial charge in [-0.05, 0) is 0 Å². The zero-order valence-corrected chi connectivity index (χ0v) is 25.5. The zero-order chi connectivity index (χ0) is 23.8. The van der Waals surface area contributed by atoms with Crippen molar-refractivity contribution >= 4 is 48.6 Å². The van der Waals surface area contributed by atoms with Crippen molar-refractivity contribution in [2.75, 3.05) is 0 Å². The fourth-order valence-corrected chi connectivity index (χ4v) is 22.5. The van der Waals surface area contributed by atoms with Crippen LogP contribution >= 0.6 is 24.4 Å². The van der Waals surface area contributed by atoms with Crippen LogP contribution in [-0.2, 0) is 0 Å². The van der Waals surface area contributed by atoms with Crippen LogP contribution in [-0.4, -0.2) is 24.1 Å². The molecule has 2 rings (SSSR count). The summed E-state index contributed by atoms with van der Waals surface area (Å²) in [6, 6.07) is 21.7. The molecule has 0 spiro atoms. The van der Waals surface area contributed by atoms with E-state index in [9.17, 15) is 0 Å². The SMILES string of the molecule is CCCCCCC[CH2][Sn]([CH2]CCCCCCC)([C](=S)c1ccccc1)[C](=S)c1ccccc1. The molecule has 0 aliphatic carbocycles. The van der Waals surface area contributed by atoms with Gasteiger partial charge in [-0.25, -0.2) is 0 Å². The Labute approximate surface area is 218 Å². The fourth-order valence-electron chi connectivity index (χ4n) is 4.83. The number of unbranched alkanes of at least 4 members (excludes halogenated alkanes) is 10. The Bertz CT molecular complexity index is 731. The Morgan fingerprint density at radius 1 is 0.515 bits per heavy atom. The molecule has 3 heteroatoms. The minimum atomic E-state index is -3.15. The predicted octanol–water partition coefficient (Wildman–Crippen LogP) is 10.1. The van der Waals surface area contributed by atoms with Gasteiger partial charge in [0.2, 0.25) is 0 Å². The third-order valence-electron chi connectivity index (χ3n) is 6.86. The van der Waals surface area contributed by atoms with Gasteiger partial charge in [-0.2, -0.15) is 0 Å². The molecular weight excluding hydrogens is 543 g/mol. The van der Waals surface area contributed by atoms with Gasteiger partial charge in [0.25, 0.3) is 0 Å². The Hall–Kier alpha value is -0.581. The van der Waals surface area contributed by atoms with Crippen LogP contribution in [0.25, 0.3) is 0 Å². The monoisotopic (exact) mass is 588 g/mol. The Balaban J connectivity index is 2.28. The van der Waals surface area contributed by atoms with Crippen LogP contribution in [0.2, 0.25) is 8.87 Å². The number of hydrogen-bond acceptors (Lipinski definition) is 2. The van der Waals surface area contributed by atoms with Crippen molar-refractivity contribution in [3.63, 3.8) is 0 Å². The van der Waals surface area contributed by atoms with Gasteiger partial charge in [0.15, 0.2) is 0 Å². The molecule has 33 heavy (non-hydrogen) atoms. The first-order valence-electron chi connectivity index (χ1n) is 13.4. The molecule has 0 saturated carbocycles. The molecule has 0 bridgehead atoms. The van der Waals surface area contributed by atoms with Crippen LogP contribution in [0.4, 0.5) is 0 Å². The zero-order valence-electron chi connectivity index (χ0n) is 21.0.